The molecule has 0 aliphatic carbocycles. The molecule has 25 heavy (non-hydrogen) atoms. The van der Waals surface area contributed by atoms with Crippen LogP contribution in [0.3, 0.4) is 0 Å². The molecule has 6 nitrogen and oxygen atoms in total. The van der Waals surface area contributed by atoms with Crippen molar-refractivity contribution in [2.45, 2.75) is 32.4 Å². The minimum atomic E-state index is -0.0708. The summed E-state index contributed by atoms with van der Waals surface area (Å²) < 4.78 is 5.91. The molecule has 0 amide bonds. The van der Waals surface area contributed by atoms with Crippen LogP contribution < -0.4 is 0 Å². The van der Waals surface area contributed by atoms with E-state index in [0.29, 0.717) is 6.61 Å². The van der Waals surface area contributed by atoms with Crippen molar-refractivity contribution in [3.63, 3.8) is 0 Å². The predicted octanol–water partition coefficient (Wildman–Crippen LogP) is 2.88. The van der Waals surface area contributed by atoms with Crippen molar-refractivity contribution in [1.82, 2.24) is 25.1 Å². The van der Waals surface area contributed by atoms with Gasteiger partial charge in [-0.25, -0.2) is 4.98 Å². The number of morpholine rings is 1. The molecule has 3 heterocycles. The standard InChI is InChI=1S/C19H23N5O/c1-2-5-17-21-19(23-22-17)16-13-24(10-11-25-16)12-15-7-3-6-14-8-4-9-20-18(14)15/h3-4,6-9,16H,2,5,10-13H2,1H3,(H,21,22,23)/t16-/m1/s1. The predicted molar refractivity (Wildman–Crippen MR) is 96.1 cm³/mol. The normalized spacial score (nSPS) is 18.7. The average Bonchev–Trinajstić information content (AvgIpc) is 3.11. The SMILES string of the molecule is CCCc1nc([C@H]2CN(Cc3cccc4cccnc34)CCO2)n[nH]1. The fraction of sp³-hybridized carbons (Fsp3) is 0.421. The second kappa shape index (κ2) is 7.29. The first kappa shape index (κ1) is 16.2. The molecule has 3 aromatic rings. The van der Waals surface area contributed by atoms with Crippen LogP contribution in [0.4, 0.5) is 0 Å². The molecule has 0 saturated carbocycles. The van der Waals surface area contributed by atoms with Crippen LogP contribution in [0, 0.1) is 0 Å². The molecule has 1 aliphatic rings. The zero-order chi connectivity index (χ0) is 17.1. The average molecular weight is 337 g/mol. The van der Waals surface area contributed by atoms with Gasteiger partial charge < -0.3 is 4.74 Å². The number of aromatic amines is 1. The monoisotopic (exact) mass is 337 g/mol. The lowest BCUT2D eigenvalue weighted by atomic mass is 10.1. The molecule has 2 aromatic heterocycles. The molecule has 1 aromatic carbocycles. The molecule has 0 bridgehead atoms. The van der Waals surface area contributed by atoms with E-state index in [4.69, 9.17) is 4.74 Å². The molecule has 130 valence electrons. The zero-order valence-electron chi connectivity index (χ0n) is 14.5. The quantitative estimate of drug-likeness (QED) is 0.775. The Morgan fingerprint density at radius 3 is 3.12 bits per heavy atom. The van der Waals surface area contributed by atoms with E-state index in [0.717, 1.165) is 49.6 Å². The number of hydrogen-bond donors (Lipinski definition) is 1. The van der Waals surface area contributed by atoms with Crippen molar-refractivity contribution in [2.75, 3.05) is 19.7 Å². The lowest BCUT2D eigenvalue weighted by molar-refractivity contribution is -0.0369. The van der Waals surface area contributed by atoms with Gasteiger partial charge in [0.05, 0.1) is 12.1 Å². The minimum Gasteiger partial charge on any atom is -0.367 e. The molecule has 1 N–H and O–H groups in total. The first-order valence-electron chi connectivity index (χ1n) is 8.91. The van der Waals surface area contributed by atoms with Gasteiger partial charge in [0.1, 0.15) is 11.9 Å². The zero-order valence-corrected chi connectivity index (χ0v) is 14.5. The van der Waals surface area contributed by atoms with Crippen LogP contribution in [0.5, 0.6) is 0 Å². The van der Waals surface area contributed by atoms with Gasteiger partial charge in [-0.05, 0) is 18.1 Å². The molecule has 0 radical (unpaired) electrons. The van der Waals surface area contributed by atoms with Gasteiger partial charge in [-0.2, -0.15) is 5.10 Å². The van der Waals surface area contributed by atoms with Crippen LogP contribution in [0.1, 0.15) is 36.7 Å². The van der Waals surface area contributed by atoms with Crippen molar-refractivity contribution in [1.29, 1.82) is 0 Å². The highest BCUT2D eigenvalue weighted by Crippen LogP contribution is 2.23. The van der Waals surface area contributed by atoms with Crippen molar-refractivity contribution < 1.29 is 4.74 Å². The van der Waals surface area contributed by atoms with E-state index < -0.39 is 0 Å². The molecule has 1 atom stereocenters. The number of nitrogens with one attached hydrogen (secondary N) is 1. The lowest BCUT2D eigenvalue weighted by Crippen LogP contribution is -2.38. The number of ether oxygens (including phenoxy) is 1. The summed E-state index contributed by atoms with van der Waals surface area (Å²) in [5.74, 6) is 1.71. The van der Waals surface area contributed by atoms with Crippen LogP contribution in [0.2, 0.25) is 0 Å². The topological polar surface area (TPSA) is 66.9 Å². The fourth-order valence-corrected chi connectivity index (χ4v) is 3.34. The van der Waals surface area contributed by atoms with Gasteiger partial charge in [-0.1, -0.05) is 31.2 Å². The maximum absolute atomic E-state index is 5.91. The van der Waals surface area contributed by atoms with Crippen LogP contribution in [0.25, 0.3) is 10.9 Å². The third kappa shape index (κ3) is 3.55. The van der Waals surface area contributed by atoms with Gasteiger partial charge in [0.25, 0.3) is 0 Å². The van der Waals surface area contributed by atoms with Crippen molar-refractivity contribution in [3.8, 4) is 0 Å². The second-order valence-electron chi connectivity index (χ2n) is 6.48. The number of fused-ring (bicyclic) bond motifs is 1. The summed E-state index contributed by atoms with van der Waals surface area (Å²) in [6.07, 6.45) is 3.76. The Balaban J connectivity index is 1.49. The summed E-state index contributed by atoms with van der Waals surface area (Å²) in [6, 6.07) is 10.5. The van der Waals surface area contributed by atoms with E-state index in [1.54, 1.807) is 0 Å². The van der Waals surface area contributed by atoms with Gasteiger partial charge in [0.2, 0.25) is 0 Å². The third-order valence-electron chi connectivity index (χ3n) is 4.58. The van der Waals surface area contributed by atoms with E-state index in [-0.39, 0.29) is 6.10 Å². The van der Waals surface area contributed by atoms with Crippen molar-refractivity contribution >= 4 is 10.9 Å². The Labute approximate surface area is 147 Å². The van der Waals surface area contributed by atoms with Crippen molar-refractivity contribution in [3.05, 3.63) is 53.7 Å². The number of benzene rings is 1. The van der Waals surface area contributed by atoms with Gasteiger partial charge in [0, 0.05) is 37.6 Å². The summed E-state index contributed by atoms with van der Waals surface area (Å²) in [5, 5.41) is 8.56. The Morgan fingerprint density at radius 2 is 2.20 bits per heavy atom. The largest absolute Gasteiger partial charge is 0.367 e. The lowest BCUT2D eigenvalue weighted by Gasteiger charge is -2.31. The van der Waals surface area contributed by atoms with E-state index in [9.17, 15) is 0 Å². The summed E-state index contributed by atoms with van der Waals surface area (Å²) in [4.78, 5) is 11.5. The van der Waals surface area contributed by atoms with Gasteiger partial charge >= 0.3 is 0 Å². The number of para-hydroxylation sites is 1. The fourth-order valence-electron chi connectivity index (χ4n) is 3.34. The number of H-pyrrole nitrogens is 1. The Bertz CT molecular complexity index is 841. The summed E-state index contributed by atoms with van der Waals surface area (Å²) in [5.41, 5.74) is 2.33. The smallest absolute Gasteiger partial charge is 0.180 e. The number of aryl methyl sites for hydroxylation is 1. The number of pyridine rings is 1. The highest BCUT2D eigenvalue weighted by atomic mass is 16.5. The highest BCUT2D eigenvalue weighted by Gasteiger charge is 2.25. The summed E-state index contributed by atoms with van der Waals surface area (Å²) in [6.45, 7) is 5.40. The first-order chi connectivity index (χ1) is 12.3. The Kier molecular flexibility index (Phi) is 4.72. The molecule has 6 heteroatoms. The van der Waals surface area contributed by atoms with Crippen LogP contribution in [0.15, 0.2) is 36.5 Å². The second-order valence-corrected chi connectivity index (χ2v) is 6.48. The Hall–Kier alpha value is -2.31. The Morgan fingerprint density at radius 1 is 1.28 bits per heavy atom. The maximum Gasteiger partial charge on any atom is 0.180 e. The van der Waals surface area contributed by atoms with Crippen LogP contribution >= 0.6 is 0 Å². The van der Waals surface area contributed by atoms with Gasteiger partial charge in [-0.3, -0.25) is 15.0 Å². The molecule has 4 rings (SSSR count). The van der Waals surface area contributed by atoms with Crippen LogP contribution in [-0.2, 0) is 17.7 Å². The summed E-state index contributed by atoms with van der Waals surface area (Å²) in [7, 11) is 0. The van der Waals surface area contributed by atoms with E-state index in [2.05, 4.69) is 56.3 Å². The van der Waals surface area contributed by atoms with E-state index in [1.165, 1.54) is 10.9 Å². The molecule has 1 fully saturated rings. The van der Waals surface area contributed by atoms with Crippen LogP contribution in [-0.4, -0.2) is 44.8 Å². The molecular formula is C19H23N5O. The molecule has 0 spiro atoms. The number of rotatable bonds is 5. The minimum absolute atomic E-state index is 0.0708. The van der Waals surface area contributed by atoms with Gasteiger partial charge in [-0.15, -0.1) is 0 Å². The van der Waals surface area contributed by atoms with Crippen molar-refractivity contribution in [2.24, 2.45) is 0 Å². The molecule has 1 saturated heterocycles. The number of aromatic nitrogens is 4. The summed E-state index contributed by atoms with van der Waals surface area (Å²) >= 11 is 0. The van der Waals surface area contributed by atoms with E-state index >= 15 is 0 Å². The first-order valence-corrected chi connectivity index (χ1v) is 8.91. The number of hydrogen-bond acceptors (Lipinski definition) is 5. The number of nitrogens with zero attached hydrogens (tertiary/aromatic N) is 4. The molecule has 0 unspecified atom stereocenters. The molecule has 1 aliphatic heterocycles. The van der Waals surface area contributed by atoms with Gasteiger partial charge in [0.15, 0.2) is 5.82 Å². The highest BCUT2D eigenvalue weighted by molar-refractivity contribution is 5.81. The third-order valence-corrected chi connectivity index (χ3v) is 4.58. The molecular weight excluding hydrogens is 314 g/mol. The maximum atomic E-state index is 5.91. The van der Waals surface area contributed by atoms with E-state index in [1.807, 2.05) is 12.3 Å².